The van der Waals surface area contributed by atoms with Crippen molar-refractivity contribution >= 4 is 17.8 Å². The number of hydrogen-bond acceptors (Lipinski definition) is 4. The Labute approximate surface area is 168 Å². The molecule has 0 heterocycles. The summed E-state index contributed by atoms with van der Waals surface area (Å²) in [4.78, 5) is 39.5. The maximum Gasteiger partial charge on any atom is 0.329 e. The summed E-state index contributed by atoms with van der Waals surface area (Å²) < 4.78 is 5.43. The van der Waals surface area contributed by atoms with E-state index < -0.39 is 18.1 Å². The van der Waals surface area contributed by atoms with Crippen molar-refractivity contribution in [2.75, 3.05) is 0 Å². The van der Waals surface area contributed by atoms with Crippen LogP contribution in [-0.4, -0.2) is 46.9 Å². The molecule has 1 aromatic carbocycles. The zero-order valence-electron chi connectivity index (χ0n) is 18.3. The third-order valence-electron chi connectivity index (χ3n) is 4.53. The molecular weight excluding hydrogens is 356 g/mol. The second-order valence-electron chi connectivity index (χ2n) is 8.07. The molecule has 0 saturated carbocycles. The highest BCUT2D eigenvalue weighted by atomic mass is 16.5. The molecule has 0 aliphatic heterocycles. The van der Waals surface area contributed by atoms with E-state index in [0.29, 0.717) is 5.56 Å². The summed E-state index contributed by atoms with van der Waals surface area (Å²) in [6.45, 7) is 14.8. The topological polar surface area (TPSA) is 75.7 Å². The van der Waals surface area contributed by atoms with Gasteiger partial charge in [0.15, 0.2) is 6.10 Å². The van der Waals surface area contributed by atoms with E-state index in [1.807, 2.05) is 60.6 Å². The van der Waals surface area contributed by atoms with E-state index in [-0.39, 0.29) is 29.8 Å². The first-order valence-corrected chi connectivity index (χ1v) is 9.85. The molecular formula is C22H34N2O4. The molecule has 2 atom stereocenters. The minimum absolute atomic E-state index is 0.00390. The Hall–Kier alpha value is -2.37. The number of aryl methyl sites for hydroxylation is 1. The lowest BCUT2D eigenvalue weighted by molar-refractivity contribution is -0.163. The van der Waals surface area contributed by atoms with Crippen LogP contribution in [0.15, 0.2) is 24.3 Å². The highest BCUT2D eigenvalue weighted by molar-refractivity contribution is 5.97. The van der Waals surface area contributed by atoms with Gasteiger partial charge in [-0.2, -0.15) is 0 Å². The zero-order chi connectivity index (χ0) is 21.6. The Kier molecular flexibility index (Phi) is 8.66. The fourth-order valence-corrected chi connectivity index (χ4v) is 3.04. The molecule has 156 valence electrons. The van der Waals surface area contributed by atoms with Crippen molar-refractivity contribution in [2.45, 2.75) is 79.6 Å². The molecule has 1 aromatic rings. The van der Waals surface area contributed by atoms with Gasteiger partial charge < -0.3 is 15.0 Å². The van der Waals surface area contributed by atoms with E-state index in [2.05, 4.69) is 5.32 Å². The molecule has 0 radical (unpaired) electrons. The second-order valence-corrected chi connectivity index (χ2v) is 8.07. The summed E-state index contributed by atoms with van der Waals surface area (Å²) in [5.74, 6) is -1.38. The normalized spacial score (nSPS) is 13.4. The highest BCUT2D eigenvalue weighted by Gasteiger charge is 2.32. The fraction of sp³-hybridized carbons (Fsp3) is 0.591. The third kappa shape index (κ3) is 6.36. The van der Waals surface area contributed by atoms with E-state index in [4.69, 9.17) is 4.74 Å². The van der Waals surface area contributed by atoms with Crippen LogP contribution in [0.4, 0.5) is 0 Å². The van der Waals surface area contributed by atoms with Crippen molar-refractivity contribution in [1.82, 2.24) is 10.2 Å². The minimum atomic E-state index is -0.921. The van der Waals surface area contributed by atoms with Gasteiger partial charge in [0.25, 0.3) is 11.8 Å². The summed E-state index contributed by atoms with van der Waals surface area (Å²) in [5, 5.41) is 2.73. The monoisotopic (exact) mass is 390 g/mol. The molecule has 0 fully saturated rings. The van der Waals surface area contributed by atoms with E-state index >= 15 is 0 Å². The molecule has 0 spiro atoms. The number of carbonyl (C=O) groups excluding carboxylic acids is 3. The van der Waals surface area contributed by atoms with Gasteiger partial charge in [-0.1, -0.05) is 31.5 Å². The first kappa shape index (κ1) is 23.7. The Bertz CT molecular complexity index is 672. The Balaban J connectivity index is 2.85. The van der Waals surface area contributed by atoms with E-state index in [1.165, 1.54) is 0 Å². The quantitative estimate of drug-likeness (QED) is 0.691. The van der Waals surface area contributed by atoms with Crippen molar-refractivity contribution in [3.63, 3.8) is 0 Å². The van der Waals surface area contributed by atoms with Crippen molar-refractivity contribution in [3.8, 4) is 0 Å². The third-order valence-corrected chi connectivity index (χ3v) is 4.53. The molecule has 28 heavy (non-hydrogen) atoms. The molecule has 6 nitrogen and oxygen atoms in total. The van der Waals surface area contributed by atoms with Crippen molar-refractivity contribution in [2.24, 2.45) is 5.92 Å². The predicted molar refractivity (Wildman–Crippen MR) is 110 cm³/mol. The van der Waals surface area contributed by atoms with Crippen molar-refractivity contribution in [1.29, 1.82) is 0 Å². The van der Waals surface area contributed by atoms with Crippen molar-refractivity contribution in [3.05, 3.63) is 35.4 Å². The molecule has 0 aliphatic carbocycles. The molecule has 0 aromatic heterocycles. The zero-order valence-corrected chi connectivity index (χ0v) is 18.3. The van der Waals surface area contributed by atoms with Gasteiger partial charge in [0.2, 0.25) is 0 Å². The van der Waals surface area contributed by atoms with Crippen LogP contribution in [0.5, 0.6) is 0 Å². The number of esters is 1. The van der Waals surface area contributed by atoms with Crippen LogP contribution < -0.4 is 5.32 Å². The maximum absolute atomic E-state index is 12.7. The van der Waals surface area contributed by atoms with Gasteiger partial charge >= 0.3 is 5.97 Å². The summed E-state index contributed by atoms with van der Waals surface area (Å²) in [6.07, 6.45) is -0.921. The molecule has 0 bridgehead atoms. The lowest BCUT2D eigenvalue weighted by atomic mass is 10.0. The molecule has 2 unspecified atom stereocenters. The molecule has 0 saturated heterocycles. The van der Waals surface area contributed by atoms with Gasteiger partial charge in [0, 0.05) is 17.6 Å². The van der Waals surface area contributed by atoms with Gasteiger partial charge in [0.1, 0.15) is 6.04 Å². The highest BCUT2D eigenvalue weighted by Crippen LogP contribution is 2.13. The second kappa shape index (κ2) is 10.2. The minimum Gasteiger partial charge on any atom is -0.451 e. The molecule has 1 N–H and O–H groups in total. The van der Waals surface area contributed by atoms with Gasteiger partial charge in [-0.05, 0) is 59.6 Å². The van der Waals surface area contributed by atoms with Crippen LogP contribution in [0.25, 0.3) is 0 Å². The molecule has 6 heteroatoms. The van der Waals surface area contributed by atoms with Crippen LogP contribution in [0.3, 0.4) is 0 Å². The maximum atomic E-state index is 12.7. The lowest BCUT2D eigenvalue weighted by Crippen LogP contribution is -2.50. The summed E-state index contributed by atoms with van der Waals surface area (Å²) in [5.41, 5.74) is 1.52. The summed E-state index contributed by atoms with van der Waals surface area (Å²) in [6, 6.07) is 6.25. The number of carbonyl (C=O) groups is 3. The number of nitrogens with zero attached hydrogens (tertiary/aromatic N) is 1. The van der Waals surface area contributed by atoms with Crippen LogP contribution >= 0.6 is 0 Å². The summed E-state index contributed by atoms with van der Waals surface area (Å²) in [7, 11) is 0. The molecule has 1 rings (SSSR count). The number of nitrogens with one attached hydrogen (secondary N) is 1. The Morgan fingerprint density at radius 2 is 1.39 bits per heavy atom. The van der Waals surface area contributed by atoms with Crippen LogP contribution in [0, 0.1) is 12.8 Å². The largest absolute Gasteiger partial charge is 0.451 e. The van der Waals surface area contributed by atoms with Gasteiger partial charge in [-0.15, -0.1) is 0 Å². The van der Waals surface area contributed by atoms with E-state index in [0.717, 1.165) is 5.56 Å². The average Bonchev–Trinajstić information content (AvgIpc) is 2.58. The number of hydrogen-bond donors (Lipinski definition) is 1. The Morgan fingerprint density at radius 1 is 0.893 bits per heavy atom. The first-order valence-electron chi connectivity index (χ1n) is 9.85. The fourth-order valence-electron chi connectivity index (χ4n) is 3.04. The standard InChI is InChI=1S/C22H34N2O4/c1-13(2)19(23-20(25)18-11-9-16(7)10-12-18)22(27)28-17(8)21(26)24(14(3)4)15(5)6/h9-15,17,19H,1-8H3,(H,23,25). The SMILES string of the molecule is Cc1ccc(C(=O)NC(C(=O)OC(C)C(=O)N(C(C)C)C(C)C)C(C)C)cc1. The van der Waals surface area contributed by atoms with Crippen LogP contribution in [0.1, 0.15) is 64.4 Å². The van der Waals surface area contributed by atoms with Crippen LogP contribution in [-0.2, 0) is 14.3 Å². The van der Waals surface area contributed by atoms with Gasteiger partial charge in [-0.3, -0.25) is 9.59 Å². The number of ether oxygens (including phenoxy) is 1. The Morgan fingerprint density at radius 3 is 1.82 bits per heavy atom. The first-order chi connectivity index (χ1) is 13.0. The van der Waals surface area contributed by atoms with Gasteiger partial charge in [-0.25, -0.2) is 4.79 Å². The number of benzene rings is 1. The molecule has 2 amide bonds. The van der Waals surface area contributed by atoms with E-state index in [1.54, 1.807) is 24.0 Å². The molecule has 0 aliphatic rings. The predicted octanol–water partition coefficient (Wildman–Crippen LogP) is 3.33. The number of rotatable bonds is 8. The van der Waals surface area contributed by atoms with Gasteiger partial charge in [0.05, 0.1) is 0 Å². The lowest BCUT2D eigenvalue weighted by Gasteiger charge is -2.33. The average molecular weight is 391 g/mol. The van der Waals surface area contributed by atoms with Crippen LogP contribution in [0.2, 0.25) is 0 Å². The summed E-state index contributed by atoms with van der Waals surface area (Å²) >= 11 is 0. The van der Waals surface area contributed by atoms with Crippen molar-refractivity contribution < 1.29 is 19.1 Å². The smallest absolute Gasteiger partial charge is 0.329 e. The van der Waals surface area contributed by atoms with E-state index in [9.17, 15) is 14.4 Å². The number of amides is 2.